The molecule has 3 rings (SSSR count). The van der Waals surface area contributed by atoms with Crippen molar-refractivity contribution in [2.75, 3.05) is 10.8 Å². The molecule has 39 heavy (non-hydrogen) atoms. The predicted octanol–water partition coefficient (Wildman–Crippen LogP) is 4.97. The van der Waals surface area contributed by atoms with Crippen LogP contribution in [0.3, 0.4) is 0 Å². The van der Waals surface area contributed by atoms with Crippen molar-refractivity contribution in [3.63, 3.8) is 0 Å². The van der Waals surface area contributed by atoms with Gasteiger partial charge in [-0.15, -0.1) is 0 Å². The summed E-state index contributed by atoms with van der Waals surface area (Å²) in [6.45, 7) is 9.81. The lowest BCUT2D eigenvalue weighted by atomic mass is 10.1. The maximum absolute atomic E-state index is 14.6. The lowest BCUT2D eigenvalue weighted by Gasteiger charge is -2.34. The van der Waals surface area contributed by atoms with Gasteiger partial charge in [0, 0.05) is 17.6 Å². The number of hydrogen-bond donors (Lipinski definition) is 1. The van der Waals surface area contributed by atoms with Crippen molar-refractivity contribution in [1.82, 2.24) is 10.2 Å². The van der Waals surface area contributed by atoms with Crippen LogP contribution in [0.25, 0.3) is 0 Å². The molecule has 0 saturated heterocycles. The first kappa shape index (κ1) is 29.8. The predicted molar refractivity (Wildman–Crippen MR) is 151 cm³/mol. The van der Waals surface area contributed by atoms with E-state index in [2.05, 4.69) is 5.32 Å². The van der Waals surface area contributed by atoms with Gasteiger partial charge in [0.25, 0.3) is 10.0 Å². The monoisotopic (exact) mass is 553 g/mol. The van der Waals surface area contributed by atoms with E-state index in [4.69, 9.17) is 0 Å². The number of anilines is 1. The van der Waals surface area contributed by atoms with Crippen LogP contribution in [-0.4, -0.2) is 43.3 Å². The summed E-state index contributed by atoms with van der Waals surface area (Å²) < 4.78 is 43.4. The van der Waals surface area contributed by atoms with Crippen molar-refractivity contribution in [3.05, 3.63) is 95.3 Å². The fourth-order valence-corrected chi connectivity index (χ4v) is 5.54. The summed E-state index contributed by atoms with van der Waals surface area (Å²) >= 11 is 0. The van der Waals surface area contributed by atoms with Gasteiger partial charge < -0.3 is 10.2 Å². The highest BCUT2D eigenvalue weighted by Gasteiger charge is 2.34. The quantitative estimate of drug-likeness (QED) is 0.405. The molecule has 3 aromatic carbocycles. The number of halogens is 1. The summed E-state index contributed by atoms with van der Waals surface area (Å²) in [4.78, 5) is 28.3. The van der Waals surface area contributed by atoms with E-state index in [9.17, 15) is 22.4 Å². The number of sulfonamides is 1. The van der Waals surface area contributed by atoms with E-state index in [1.807, 2.05) is 27.7 Å². The van der Waals surface area contributed by atoms with E-state index < -0.39 is 45.8 Å². The van der Waals surface area contributed by atoms with Crippen molar-refractivity contribution in [2.45, 2.75) is 64.6 Å². The normalized spacial score (nSPS) is 12.5. The molecule has 0 bridgehead atoms. The Hall–Kier alpha value is -3.72. The second kappa shape index (κ2) is 12.0. The Labute approximate surface area is 230 Å². The van der Waals surface area contributed by atoms with Gasteiger partial charge in [-0.25, -0.2) is 12.8 Å². The van der Waals surface area contributed by atoms with Gasteiger partial charge in [-0.1, -0.05) is 54.1 Å². The Bertz CT molecular complexity index is 1430. The van der Waals surface area contributed by atoms with Crippen LogP contribution in [0, 0.1) is 19.7 Å². The van der Waals surface area contributed by atoms with Gasteiger partial charge in [0.05, 0.1) is 10.6 Å². The first-order valence-electron chi connectivity index (χ1n) is 12.7. The van der Waals surface area contributed by atoms with E-state index in [-0.39, 0.29) is 17.0 Å². The molecule has 0 aromatic heterocycles. The molecule has 0 fully saturated rings. The Balaban J connectivity index is 2.06. The molecule has 7 nitrogen and oxygen atoms in total. The maximum Gasteiger partial charge on any atom is 0.264 e. The maximum atomic E-state index is 14.6. The molecule has 0 heterocycles. The number of carbonyl (C=O) groups excluding carboxylic acids is 2. The largest absolute Gasteiger partial charge is 0.350 e. The van der Waals surface area contributed by atoms with Gasteiger partial charge in [0.2, 0.25) is 11.8 Å². The molecule has 1 N–H and O–H groups in total. The second-order valence-electron chi connectivity index (χ2n) is 10.6. The van der Waals surface area contributed by atoms with E-state index in [1.165, 1.54) is 35.2 Å². The molecule has 2 amide bonds. The summed E-state index contributed by atoms with van der Waals surface area (Å²) in [7, 11) is -4.17. The van der Waals surface area contributed by atoms with Crippen molar-refractivity contribution in [2.24, 2.45) is 0 Å². The molecule has 1 atom stereocenters. The molecular weight excluding hydrogens is 517 g/mol. The van der Waals surface area contributed by atoms with Crippen LogP contribution in [0.4, 0.5) is 10.1 Å². The molecule has 0 spiro atoms. The van der Waals surface area contributed by atoms with Gasteiger partial charge in [0.1, 0.15) is 18.4 Å². The number of nitrogens with one attached hydrogen (secondary N) is 1. The van der Waals surface area contributed by atoms with E-state index in [0.717, 1.165) is 9.87 Å². The third-order valence-electron chi connectivity index (χ3n) is 6.24. The summed E-state index contributed by atoms with van der Waals surface area (Å²) in [6.07, 6.45) is 0. The number of amides is 2. The van der Waals surface area contributed by atoms with Gasteiger partial charge >= 0.3 is 0 Å². The topological polar surface area (TPSA) is 86.8 Å². The Kier molecular flexibility index (Phi) is 9.17. The standard InChI is InChI=1S/C30H36FN3O4S/c1-21-15-17-25(18-16-21)39(37,38)34(27-14-10-7-11-22(27)2)20-28(35)33(19-24-12-8-9-13-26(24)31)23(3)29(36)32-30(4,5)6/h7-18,23H,19-20H2,1-6H3,(H,32,36)/t23-/m1/s1. The molecule has 9 heteroatoms. The van der Waals surface area contributed by atoms with Crippen LogP contribution in [0.5, 0.6) is 0 Å². The number of benzene rings is 3. The average molecular weight is 554 g/mol. The summed E-state index contributed by atoms with van der Waals surface area (Å²) in [5.74, 6) is -1.61. The third kappa shape index (κ3) is 7.44. The highest BCUT2D eigenvalue weighted by molar-refractivity contribution is 7.92. The summed E-state index contributed by atoms with van der Waals surface area (Å²) in [6, 6.07) is 18.2. The zero-order valence-electron chi connectivity index (χ0n) is 23.2. The zero-order chi connectivity index (χ0) is 29.0. The Morgan fingerprint density at radius 3 is 2.10 bits per heavy atom. The van der Waals surface area contributed by atoms with Crippen molar-refractivity contribution < 1.29 is 22.4 Å². The number of para-hydroxylation sites is 1. The van der Waals surface area contributed by atoms with Crippen molar-refractivity contribution >= 4 is 27.5 Å². The number of aryl methyl sites for hydroxylation is 2. The number of carbonyl (C=O) groups is 2. The molecule has 0 aliphatic heterocycles. The first-order chi connectivity index (χ1) is 18.2. The first-order valence-corrected chi connectivity index (χ1v) is 14.1. The fourth-order valence-electron chi connectivity index (χ4n) is 4.06. The van der Waals surface area contributed by atoms with Crippen molar-refractivity contribution in [3.8, 4) is 0 Å². The molecule has 0 aliphatic carbocycles. The number of nitrogens with zero attached hydrogens (tertiary/aromatic N) is 2. The van der Waals surface area contributed by atoms with Gasteiger partial charge in [0.15, 0.2) is 0 Å². The fraction of sp³-hybridized carbons (Fsp3) is 0.333. The molecule has 208 valence electrons. The van der Waals surface area contributed by atoms with E-state index in [0.29, 0.717) is 11.3 Å². The highest BCUT2D eigenvalue weighted by Crippen LogP contribution is 2.27. The van der Waals surface area contributed by atoms with Crippen LogP contribution in [0.1, 0.15) is 44.4 Å². The lowest BCUT2D eigenvalue weighted by Crippen LogP contribution is -2.54. The Morgan fingerprint density at radius 1 is 0.923 bits per heavy atom. The van der Waals surface area contributed by atoms with Crippen LogP contribution >= 0.6 is 0 Å². The third-order valence-corrected chi connectivity index (χ3v) is 8.01. The lowest BCUT2D eigenvalue weighted by molar-refractivity contribution is -0.140. The molecule has 0 radical (unpaired) electrons. The molecule has 3 aromatic rings. The van der Waals surface area contributed by atoms with Crippen LogP contribution in [0.15, 0.2) is 77.7 Å². The Morgan fingerprint density at radius 2 is 1.51 bits per heavy atom. The van der Waals surface area contributed by atoms with Gasteiger partial charge in [-0.2, -0.15) is 0 Å². The second-order valence-corrected chi connectivity index (χ2v) is 12.5. The van der Waals surface area contributed by atoms with E-state index in [1.54, 1.807) is 56.3 Å². The summed E-state index contributed by atoms with van der Waals surface area (Å²) in [5.41, 5.74) is 1.52. The van der Waals surface area contributed by atoms with Crippen molar-refractivity contribution in [1.29, 1.82) is 0 Å². The van der Waals surface area contributed by atoms with Crippen LogP contribution in [-0.2, 0) is 26.2 Å². The number of hydrogen-bond acceptors (Lipinski definition) is 4. The minimum absolute atomic E-state index is 0.0309. The SMILES string of the molecule is Cc1ccc(S(=O)(=O)N(CC(=O)N(Cc2ccccc2F)[C@H](C)C(=O)NC(C)(C)C)c2ccccc2C)cc1. The van der Waals surface area contributed by atoms with Crippen LogP contribution < -0.4 is 9.62 Å². The highest BCUT2D eigenvalue weighted by atomic mass is 32.2. The number of rotatable bonds is 9. The van der Waals surface area contributed by atoms with Crippen LogP contribution in [0.2, 0.25) is 0 Å². The minimum Gasteiger partial charge on any atom is -0.350 e. The molecular formula is C30H36FN3O4S. The summed E-state index contributed by atoms with van der Waals surface area (Å²) in [5, 5.41) is 2.85. The average Bonchev–Trinajstić information content (AvgIpc) is 2.86. The smallest absolute Gasteiger partial charge is 0.264 e. The van der Waals surface area contributed by atoms with E-state index >= 15 is 0 Å². The molecule has 0 aliphatic rings. The molecule has 0 saturated carbocycles. The zero-order valence-corrected chi connectivity index (χ0v) is 24.0. The molecule has 0 unspecified atom stereocenters. The van der Waals surface area contributed by atoms with Gasteiger partial charge in [-0.05, 0) is 71.4 Å². The minimum atomic E-state index is -4.17. The van der Waals surface area contributed by atoms with Gasteiger partial charge in [-0.3, -0.25) is 13.9 Å².